The summed E-state index contributed by atoms with van der Waals surface area (Å²) in [7, 11) is 1.75. The van der Waals surface area contributed by atoms with Crippen molar-refractivity contribution in [1.82, 2.24) is 9.80 Å². The number of thioether (sulfide) groups is 1. The lowest BCUT2D eigenvalue weighted by Gasteiger charge is -2.22. The molecule has 24 heavy (non-hydrogen) atoms. The average Bonchev–Trinajstić information content (AvgIpc) is 2.54. The van der Waals surface area contributed by atoms with Crippen molar-refractivity contribution in [1.29, 1.82) is 5.26 Å². The molecule has 0 aliphatic heterocycles. The van der Waals surface area contributed by atoms with E-state index in [0.717, 1.165) is 4.90 Å². The second-order valence-corrected chi connectivity index (χ2v) is 6.25. The fourth-order valence-corrected chi connectivity index (χ4v) is 2.87. The van der Waals surface area contributed by atoms with Gasteiger partial charge in [0.1, 0.15) is 0 Å². The van der Waals surface area contributed by atoms with Crippen LogP contribution in [0.2, 0.25) is 0 Å². The molecule has 130 valence electrons. The summed E-state index contributed by atoms with van der Waals surface area (Å²) in [4.78, 5) is 28.5. The van der Waals surface area contributed by atoms with E-state index in [9.17, 15) is 9.59 Å². The van der Waals surface area contributed by atoms with E-state index in [4.69, 9.17) is 5.26 Å². The van der Waals surface area contributed by atoms with Crippen LogP contribution >= 0.6 is 11.8 Å². The maximum Gasteiger partial charge on any atom is 0.238 e. The molecule has 6 nitrogen and oxygen atoms in total. The Hall–Kier alpha value is -2.04. The largest absolute Gasteiger partial charge is 0.342 e. The van der Waals surface area contributed by atoms with Crippen LogP contribution in [0.4, 0.5) is 5.69 Å². The third-order valence-corrected chi connectivity index (χ3v) is 4.33. The summed E-state index contributed by atoms with van der Waals surface area (Å²) in [6, 6.07) is 9.44. The highest BCUT2D eigenvalue weighted by Gasteiger charge is 2.15. The predicted molar refractivity (Wildman–Crippen MR) is 96.8 cm³/mol. The van der Waals surface area contributed by atoms with Gasteiger partial charge in [-0.1, -0.05) is 12.1 Å². The molecule has 7 heteroatoms. The summed E-state index contributed by atoms with van der Waals surface area (Å²) in [5, 5.41) is 11.5. The van der Waals surface area contributed by atoms with Crippen LogP contribution in [0, 0.1) is 11.3 Å². The minimum Gasteiger partial charge on any atom is -0.342 e. The van der Waals surface area contributed by atoms with Crippen molar-refractivity contribution < 1.29 is 9.59 Å². The number of hydrogen-bond donors (Lipinski definition) is 1. The SMILES string of the molecule is CCN(CC)C(=O)CN(C)CC(=O)Nc1ccccc1SCC#N. The van der Waals surface area contributed by atoms with Crippen molar-refractivity contribution in [3.05, 3.63) is 24.3 Å². The van der Waals surface area contributed by atoms with Crippen LogP contribution in [0.5, 0.6) is 0 Å². The highest BCUT2D eigenvalue weighted by molar-refractivity contribution is 7.99. The molecule has 0 aromatic heterocycles. The van der Waals surface area contributed by atoms with Gasteiger partial charge in [0.15, 0.2) is 0 Å². The number of nitrogens with one attached hydrogen (secondary N) is 1. The van der Waals surface area contributed by atoms with E-state index in [1.807, 2.05) is 32.0 Å². The van der Waals surface area contributed by atoms with Crippen molar-refractivity contribution in [3.63, 3.8) is 0 Å². The van der Waals surface area contributed by atoms with Gasteiger partial charge in [0, 0.05) is 18.0 Å². The highest BCUT2D eigenvalue weighted by Crippen LogP contribution is 2.26. The molecule has 1 aromatic rings. The molecule has 0 saturated carbocycles. The minimum atomic E-state index is -0.185. The molecule has 0 saturated heterocycles. The van der Waals surface area contributed by atoms with Gasteiger partial charge in [0.2, 0.25) is 11.8 Å². The fourth-order valence-electron chi connectivity index (χ4n) is 2.20. The van der Waals surface area contributed by atoms with Crippen molar-refractivity contribution in [3.8, 4) is 6.07 Å². The molecule has 1 rings (SSSR count). The van der Waals surface area contributed by atoms with E-state index in [1.54, 1.807) is 22.9 Å². The minimum absolute atomic E-state index is 0.0141. The van der Waals surface area contributed by atoms with Crippen LogP contribution < -0.4 is 5.32 Å². The molecule has 0 aliphatic rings. The van der Waals surface area contributed by atoms with Crippen LogP contribution in [0.1, 0.15) is 13.8 Å². The smallest absolute Gasteiger partial charge is 0.238 e. The van der Waals surface area contributed by atoms with Crippen molar-refractivity contribution in [2.75, 3.05) is 44.3 Å². The Morgan fingerprint density at radius 2 is 1.88 bits per heavy atom. The molecule has 0 heterocycles. The quantitative estimate of drug-likeness (QED) is 0.691. The first-order chi connectivity index (χ1) is 11.5. The van der Waals surface area contributed by atoms with Crippen molar-refractivity contribution in [2.24, 2.45) is 0 Å². The number of amides is 2. The predicted octanol–water partition coefficient (Wildman–Crippen LogP) is 2.04. The van der Waals surface area contributed by atoms with Crippen LogP contribution in [0.25, 0.3) is 0 Å². The van der Waals surface area contributed by atoms with Crippen molar-refractivity contribution in [2.45, 2.75) is 18.7 Å². The zero-order valence-electron chi connectivity index (χ0n) is 14.4. The number of anilines is 1. The van der Waals surface area contributed by atoms with Crippen molar-refractivity contribution >= 4 is 29.3 Å². The lowest BCUT2D eigenvalue weighted by Crippen LogP contribution is -2.41. The summed E-state index contributed by atoms with van der Waals surface area (Å²) < 4.78 is 0. The third-order valence-electron chi connectivity index (χ3n) is 3.39. The van der Waals surface area contributed by atoms with Gasteiger partial charge in [0.25, 0.3) is 0 Å². The summed E-state index contributed by atoms with van der Waals surface area (Å²) in [5.74, 6) is 0.153. The molecule has 0 spiro atoms. The second-order valence-electron chi connectivity index (χ2n) is 5.23. The van der Waals surface area contributed by atoms with E-state index in [1.165, 1.54) is 11.8 Å². The first-order valence-electron chi connectivity index (χ1n) is 7.86. The number of nitriles is 1. The van der Waals surface area contributed by atoms with Gasteiger partial charge in [0.05, 0.1) is 30.6 Å². The monoisotopic (exact) mass is 348 g/mol. The summed E-state index contributed by atoms with van der Waals surface area (Å²) >= 11 is 1.38. The molecule has 2 amide bonds. The van der Waals surface area contributed by atoms with E-state index >= 15 is 0 Å². The zero-order valence-corrected chi connectivity index (χ0v) is 15.2. The maximum atomic E-state index is 12.2. The van der Waals surface area contributed by atoms with Gasteiger partial charge in [-0.3, -0.25) is 14.5 Å². The van der Waals surface area contributed by atoms with Gasteiger partial charge in [-0.15, -0.1) is 11.8 Å². The highest BCUT2D eigenvalue weighted by atomic mass is 32.2. The maximum absolute atomic E-state index is 12.2. The molecule has 0 radical (unpaired) electrons. The zero-order chi connectivity index (χ0) is 17.9. The summed E-state index contributed by atoms with van der Waals surface area (Å²) in [5.41, 5.74) is 0.686. The van der Waals surface area contributed by atoms with Crippen LogP contribution in [-0.4, -0.2) is 60.6 Å². The van der Waals surface area contributed by atoms with Crippen LogP contribution in [0.15, 0.2) is 29.2 Å². The number of likely N-dealkylation sites (N-methyl/N-ethyl adjacent to an activating group) is 2. The Labute approximate surface area is 147 Å². The van der Waals surface area contributed by atoms with Crippen LogP contribution in [0.3, 0.4) is 0 Å². The number of para-hydroxylation sites is 1. The van der Waals surface area contributed by atoms with E-state index in [0.29, 0.717) is 24.5 Å². The molecule has 0 bridgehead atoms. The van der Waals surface area contributed by atoms with Crippen LogP contribution in [-0.2, 0) is 9.59 Å². The number of carbonyl (C=O) groups excluding carboxylic acids is 2. The second kappa shape index (κ2) is 10.7. The van der Waals surface area contributed by atoms with Gasteiger partial charge >= 0.3 is 0 Å². The Balaban J connectivity index is 2.57. The lowest BCUT2D eigenvalue weighted by molar-refractivity contribution is -0.132. The van der Waals surface area contributed by atoms with Gasteiger partial charge < -0.3 is 10.2 Å². The molecular weight excluding hydrogens is 324 g/mol. The third kappa shape index (κ3) is 6.60. The Morgan fingerprint density at radius 3 is 2.50 bits per heavy atom. The summed E-state index contributed by atoms with van der Waals surface area (Å²) in [6.45, 7) is 5.54. The standard InChI is InChI=1S/C17H24N4O2S/c1-4-21(5-2)17(23)13-20(3)12-16(22)19-14-8-6-7-9-15(14)24-11-10-18/h6-9H,4-5,11-13H2,1-3H3,(H,19,22). The van der Waals surface area contributed by atoms with Gasteiger partial charge in [-0.05, 0) is 33.0 Å². The topological polar surface area (TPSA) is 76.4 Å². The molecule has 1 N–H and O–H groups in total. The molecule has 0 atom stereocenters. The Bertz CT molecular complexity index is 596. The van der Waals surface area contributed by atoms with E-state index < -0.39 is 0 Å². The number of hydrogen-bond acceptors (Lipinski definition) is 5. The first-order valence-corrected chi connectivity index (χ1v) is 8.85. The fraction of sp³-hybridized carbons (Fsp3) is 0.471. The van der Waals surface area contributed by atoms with Gasteiger partial charge in [-0.2, -0.15) is 5.26 Å². The molecule has 0 aliphatic carbocycles. The number of benzene rings is 1. The Morgan fingerprint density at radius 1 is 1.21 bits per heavy atom. The molecule has 0 fully saturated rings. The number of rotatable bonds is 9. The first kappa shape index (κ1) is 20.0. The Kier molecular flexibility index (Phi) is 8.90. The van der Waals surface area contributed by atoms with E-state index in [-0.39, 0.29) is 24.9 Å². The number of carbonyl (C=O) groups is 2. The normalized spacial score (nSPS) is 10.3. The lowest BCUT2D eigenvalue weighted by atomic mass is 10.3. The summed E-state index contributed by atoms with van der Waals surface area (Å²) in [6.07, 6.45) is 0. The number of nitrogens with zero attached hydrogens (tertiary/aromatic N) is 3. The molecule has 0 unspecified atom stereocenters. The van der Waals surface area contributed by atoms with Gasteiger partial charge in [-0.25, -0.2) is 0 Å². The molecular formula is C17H24N4O2S. The van der Waals surface area contributed by atoms with E-state index in [2.05, 4.69) is 11.4 Å². The average molecular weight is 348 g/mol. The molecule has 1 aromatic carbocycles.